The van der Waals surface area contributed by atoms with Gasteiger partial charge in [0.15, 0.2) is 5.69 Å². The van der Waals surface area contributed by atoms with Gasteiger partial charge in [0, 0.05) is 0 Å². The molecule has 0 radical (unpaired) electrons. The van der Waals surface area contributed by atoms with Gasteiger partial charge in [-0.1, -0.05) is 12.8 Å². The number of hydrogen-bond donors (Lipinski definition) is 1. The Kier molecular flexibility index (Phi) is 7.60. The van der Waals surface area contributed by atoms with E-state index in [1.165, 1.54) is 37.3 Å². The van der Waals surface area contributed by atoms with E-state index in [-0.39, 0.29) is 11.6 Å². The third-order valence-corrected chi connectivity index (χ3v) is 5.55. The van der Waals surface area contributed by atoms with Gasteiger partial charge in [0.05, 0.1) is 35.0 Å². The maximum Gasteiger partial charge on any atom is 0.419 e. The van der Waals surface area contributed by atoms with Gasteiger partial charge in [0.2, 0.25) is 5.60 Å². The molecule has 0 saturated heterocycles. The molecule has 1 N–H and O–H groups in total. The summed E-state index contributed by atoms with van der Waals surface area (Å²) in [6.45, 7) is 0.847. The first-order valence-corrected chi connectivity index (χ1v) is 10.7. The SMILES string of the molecule is C[C@@](COc1ccc(C#N)cc1)(OC(=O)C1CCCC1)C(=O)Nc1cnc(C#N)c(C(F)(F)F)c1. The minimum absolute atomic E-state index is 0.291. The van der Waals surface area contributed by atoms with Crippen LogP contribution in [-0.2, 0) is 20.5 Å². The molecule has 1 aliphatic rings. The molecule has 1 aromatic carbocycles. The lowest BCUT2D eigenvalue weighted by Gasteiger charge is -2.29. The fourth-order valence-corrected chi connectivity index (χ4v) is 3.56. The van der Waals surface area contributed by atoms with E-state index < -0.39 is 41.5 Å². The number of nitrogens with one attached hydrogen (secondary N) is 1. The van der Waals surface area contributed by atoms with Crippen molar-refractivity contribution in [3.05, 3.63) is 53.3 Å². The third kappa shape index (κ3) is 6.27. The monoisotopic (exact) mass is 486 g/mol. The van der Waals surface area contributed by atoms with Crippen LogP contribution in [0.1, 0.15) is 49.4 Å². The summed E-state index contributed by atoms with van der Waals surface area (Å²) in [4.78, 5) is 29.3. The maximum absolute atomic E-state index is 13.3. The van der Waals surface area contributed by atoms with Crippen LogP contribution >= 0.6 is 0 Å². The van der Waals surface area contributed by atoms with Crippen molar-refractivity contribution in [1.82, 2.24) is 4.98 Å². The van der Waals surface area contributed by atoms with E-state index >= 15 is 0 Å². The summed E-state index contributed by atoms with van der Waals surface area (Å²) in [6.07, 6.45) is -1.03. The molecular formula is C24H21F3N4O4. The van der Waals surface area contributed by atoms with Gasteiger partial charge < -0.3 is 14.8 Å². The Morgan fingerprint density at radius 1 is 1.14 bits per heavy atom. The van der Waals surface area contributed by atoms with E-state index in [1.54, 1.807) is 0 Å². The molecule has 1 fully saturated rings. The van der Waals surface area contributed by atoms with Gasteiger partial charge in [-0.2, -0.15) is 23.7 Å². The summed E-state index contributed by atoms with van der Waals surface area (Å²) in [5.41, 5.74) is -3.99. The number of rotatable bonds is 7. The van der Waals surface area contributed by atoms with Gasteiger partial charge >= 0.3 is 12.1 Å². The smallest absolute Gasteiger partial charge is 0.419 e. The standard InChI is InChI=1S/C24H21F3N4O4/c1-23(35-21(32)16-4-2-3-5-16,14-34-18-8-6-15(11-28)7-9-18)22(33)31-17-10-19(24(25,26)27)20(12-29)30-13-17/h6-10,13,16H,2-5,14H2,1H3,(H,31,33)/t23-/m0/s1. The molecule has 8 nitrogen and oxygen atoms in total. The number of hydrogen-bond acceptors (Lipinski definition) is 7. The molecule has 1 amide bonds. The molecule has 1 aromatic heterocycles. The van der Waals surface area contributed by atoms with Crippen LogP contribution in [0.25, 0.3) is 0 Å². The van der Waals surface area contributed by atoms with Crippen molar-refractivity contribution in [3.8, 4) is 17.9 Å². The van der Waals surface area contributed by atoms with Crippen molar-refractivity contribution in [2.24, 2.45) is 5.92 Å². The quantitative estimate of drug-likeness (QED) is 0.577. The normalized spacial score (nSPS) is 15.4. The first kappa shape index (κ1) is 25.5. The van der Waals surface area contributed by atoms with Crippen LogP contribution in [0.15, 0.2) is 36.5 Å². The Labute approximate surface area is 199 Å². The van der Waals surface area contributed by atoms with E-state index in [0.29, 0.717) is 30.2 Å². The fraction of sp³-hybridized carbons (Fsp3) is 0.375. The minimum atomic E-state index is -4.87. The predicted octanol–water partition coefficient (Wildman–Crippen LogP) is 4.35. The second-order valence-electron chi connectivity index (χ2n) is 8.24. The summed E-state index contributed by atoms with van der Waals surface area (Å²) in [5, 5.41) is 20.1. The van der Waals surface area contributed by atoms with Crippen LogP contribution in [0.4, 0.5) is 18.9 Å². The Hall–Kier alpha value is -4.12. The summed E-state index contributed by atoms with van der Waals surface area (Å²) in [5.74, 6) is -1.63. The summed E-state index contributed by atoms with van der Waals surface area (Å²) in [7, 11) is 0. The summed E-state index contributed by atoms with van der Waals surface area (Å²) >= 11 is 0. The molecule has 3 rings (SSSR count). The molecule has 0 unspecified atom stereocenters. The number of amides is 1. The van der Waals surface area contributed by atoms with Gasteiger partial charge in [0.25, 0.3) is 5.91 Å². The van der Waals surface area contributed by atoms with Gasteiger partial charge in [-0.15, -0.1) is 0 Å². The van der Waals surface area contributed by atoms with Crippen LogP contribution in [-0.4, -0.2) is 29.1 Å². The van der Waals surface area contributed by atoms with E-state index in [2.05, 4.69) is 10.3 Å². The topological polar surface area (TPSA) is 125 Å². The van der Waals surface area contributed by atoms with Crippen LogP contribution in [0.3, 0.4) is 0 Å². The van der Waals surface area contributed by atoms with Crippen molar-refractivity contribution in [2.45, 2.75) is 44.4 Å². The molecule has 182 valence electrons. The van der Waals surface area contributed by atoms with Crippen molar-refractivity contribution in [1.29, 1.82) is 10.5 Å². The average Bonchev–Trinajstić information content (AvgIpc) is 3.38. The molecule has 2 aromatic rings. The second kappa shape index (κ2) is 10.4. The maximum atomic E-state index is 13.3. The Bertz CT molecular complexity index is 1180. The molecule has 1 atom stereocenters. The number of pyridine rings is 1. The number of nitriles is 2. The Morgan fingerprint density at radius 2 is 1.80 bits per heavy atom. The van der Waals surface area contributed by atoms with Gasteiger partial charge in [-0.25, -0.2) is 4.98 Å². The molecular weight excluding hydrogens is 465 g/mol. The average molecular weight is 486 g/mol. The highest BCUT2D eigenvalue weighted by atomic mass is 19.4. The highest BCUT2D eigenvalue weighted by molar-refractivity contribution is 5.98. The third-order valence-electron chi connectivity index (χ3n) is 5.55. The number of carbonyl (C=O) groups excluding carboxylic acids is 2. The first-order chi connectivity index (χ1) is 16.6. The largest absolute Gasteiger partial charge is 0.489 e. The molecule has 0 aliphatic heterocycles. The molecule has 0 spiro atoms. The first-order valence-electron chi connectivity index (χ1n) is 10.7. The highest BCUT2D eigenvalue weighted by Crippen LogP contribution is 2.33. The van der Waals surface area contributed by atoms with Gasteiger partial charge in [-0.3, -0.25) is 9.59 Å². The molecule has 1 aliphatic carbocycles. The van der Waals surface area contributed by atoms with Crippen LogP contribution in [0.5, 0.6) is 5.75 Å². The zero-order valence-corrected chi connectivity index (χ0v) is 18.7. The Morgan fingerprint density at radius 3 is 2.37 bits per heavy atom. The van der Waals surface area contributed by atoms with Gasteiger partial charge in [-0.05, 0) is 50.1 Å². The molecule has 11 heteroatoms. The lowest BCUT2D eigenvalue weighted by Crippen LogP contribution is -2.49. The van der Waals surface area contributed by atoms with Crippen LogP contribution < -0.4 is 10.1 Å². The zero-order chi connectivity index (χ0) is 25.6. The number of alkyl halides is 3. The van der Waals surface area contributed by atoms with Crippen molar-refractivity contribution < 1.29 is 32.2 Å². The fourth-order valence-electron chi connectivity index (χ4n) is 3.56. The molecule has 1 heterocycles. The van der Waals surface area contributed by atoms with E-state index in [0.717, 1.165) is 19.0 Å². The molecule has 35 heavy (non-hydrogen) atoms. The van der Waals surface area contributed by atoms with E-state index in [4.69, 9.17) is 20.0 Å². The number of aromatic nitrogens is 1. The number of benzene rings is 1. The zero-order valence-electron chi connectivity index (χ0n) is 18.7. The van der Waals surface area contributed by atoms with E-state index in [9.17, 15) is 22.8 Å². The summed E-state index contributed by atoms with van der Waals surface area (Å²) < 4.78 is 51.0. The number of ether oxygens (including phenoxy) is 2. The number of halogens is 3. The van der Waals surface area contributed by atoms with Crippen molar-refractivity contribution in [2.75, 3.05) is 11.9 Å². The van der Waals surface area contributed by atoms with Crippen molar-refractivity contribution >= 4 is 17.6 Å². The summed E-state index contributed by atoms with van der Waals surface area (Å²) in [6, 6.07) is 9.90. The van der Waals surface area contributed by atoms with Crippen LogP contribution in [0, 0.1) is 28.6 Å². The lowest BCUT2D eigenvalue weighted by atomic mass is 10.0. The number of nitrogens with zero attached hydrogens (tertiary/aromatic N) is 3. The minimum Gasteiger partial charge on any atom is -0.489 e. The number of esters is 1. The lowest BCUT2D eigenvalue weighted by molar-refractivity contribution is -0.171. The predicted molar refractivity (Wildman–Crippen MR) is 116 cm³/mol. The molecule has 1 saturated carbocycles. The Balaban J connectivity index is 1.84. The van der Waals surface area contributed by atoms with Crippen molar-refractivity contribution in [3.63, 3.8) is 0 Å². The van der Waals surface area contributed by atoms with Gasteiger partial charge in [0.1, 0.15) is 18.4 Å². The number of anilines is 1. The second-order valence-corrected chi connectivity index (χ2v) is 8.24. The highest BCUT2D eigenvalue weighted by Gasteiger charge is 2.42. The molecule has 0 bridgehead atoms. The van der Waals surface area contributed by atoms with Crippen LogP contribution in [0.2, 0.25) is 0 Å². The van der Waals surface area contributed by atoms with E-state index in [1.807, 2.05) is 6.07 Å². The number of carbonyl (C=O) groups is 2.